The van der Waals surface area contributed by atoms with E-state index in [1.165, 1.54) is 12.0 Å². The highest BCUT2D eigenvalue weighted by molar-refractivity contribution is 9.10. The van der Waals surface area contributed by atoms with E-state index in [0.29, 0.717) is 12.4 Å². The van der Waals surface area contributed by atoms with Crippen molar-refractivity contribution in [2.24, 2.45) is 0 Å². The zero-order chi connectivity index (χ0) is 13.2. The van der Waals surface area contributed by atoms with Crippen molar-refractivity contribution in [2.45, 2.75) is 32.7 Å². The maximum Gasteiger partial charge on any atom is 0.235 e. The van der Waals surface area contributed by atoms with E-state index >= 15 is 0 Å². The fraction of sp³-hybridized carbons (Fsp3) is 0.385. The number of aromatic nitrogens is 2. The van der Waals surface area contributed by atoms with Crippen LogP contribution in [-0.2, 0) is 12.0 Å². The Morgan fingerprint density at radius 1 is 1.33 bits per heavy atom. The summed E-state index contributed by atoms with van der Waals surface area (Å²) in [6.07, 6.45) is 1.34. The monoisotopic (exact) mass is 309 g/mol. The molecule has 0 aliphatic carbocycles. The van der Waals surface area contributed by atoms with Gasteiger partial charge in [0.05, 0.1) is 12.2 Å². The first-order valence-corrected chi connectivity index (χ1v) is 6.55. The molecule has 2 rings (SSSR count). The smallest absolute Gasteiger partial charge is 0.235 e. The summed E-state index contributed by atoms with van der Waals surface area (Å²) in [7, 11) is 0. The molecule has 2 aromatic rings. The van der Waals surface area contributed by atoms with Crippen LogP contribution in [0, 0.1) is 0 Å². The van der Waals surface area contributed by atoms with E-state index in [1.807, 2.05) is 12.1 Å². The van der Waals surface area contributed by atoms with Crippen LogP contribution < -0.4 is 5.32 Å². The van der Waals surface area contributed by atoms with Gasteiger partial charge < -0.3 is 9.73 Å². The molecule has 1 aromatic heterocycles. The van der Waals surface area contributed by atoms with Crippen molar-refractivity contribution in [3.8, 4) is 0 Å². The average molecular weight is 310 g/mol. The number of hydrogen-bond acceptors (Lipinski definition) is 4. The first-order valence-electron chi connectivity index (χ1n) is 5.76. The quantitative estimate of drug-likeness (QED) is 0.938. The van der Waals surface area contributed by atoms with Gasteiger partial charge in [-0.15, -0.1) is 10.2 Å². The molecule has 0 radical (unpaired) electrons. The molecule has 0 amide bonds. The van der Waals surface area contributed by atoms with Gasteiger partial charge in [0.15, 0.2) is 0 Å². The molecule has 1 aromatic carbocycles. The van der Waals surface area contributed by atoms with Gasteiger partial charge in [0.25, 0.3) is 0 Å². The van der Waals surface area contributed by atoms with Crippen molar-refractivity contribution >= 4 is 21.6 Å². The minimum atomic E-state index is 0.0704. The zero-order valence-corrected chi connectivity index (χ0v) is 12.3. The zero-order valence-electron chi connectivity index (χ0n) is 10.7. The predicted octanol–water partition coefficient (Wildman–Crippen LogP) is 3.74. The standard InChI is InChI=1S/C13H16BrN3O/c1-13(2,3)9-5-4-6-10(14)12(9)15-7-11-17-16-8-18-11/h4-6,8,15H,7H2,1-3H3. The fourth-order valence-electron chi connectivity index (χ4n) is 1.77. The number of rotatable bonds is 3. The minimum absolute atomic E-state index is 0.0704. The lowest BCUT2D eigenvalue weighted by Crippen LogP contribution is -2.15. The molecule has 96 valence electrons. The average Bonchev–Trinajstić information content (AvgIpc) is 2.78. The summed E-state index contributed by atoms with van der Waals surface area (Å²) >= 11 is 3.57. The topological polar surface area (TPSA) is 51.0 Å². The molecule has 0 saturated heterocycles. The summed E-state index contributed by atoms with van der Waals surface area (Å²) in [4.78, 5) is 0. The first kappa shape index (κ1) is 13.1. The Kier molecular flexibility index (Phi) is 3.71. The van der Waals surface area contributed by atoms with E-state index in [1.54, 1.807) is 0 Å². The van der Waals surface area contributed by atoms with Crippen LogP contribution in [0.4, 0.5) is 5.69 Å². The number of nitrogens with zero attached hydrogens (tertiary/aromatic N) is 2. The lowest BCUT2D eigenvalue weighted by Gasteiger charge is -2.24. The highest BCUT2D eigenvalue weighted by Crippen LogP contribution is 2.35. The van der Waals surface area contributed by atoms with Crippen molar-refractivity contribution in [2.75, 3.05) is 5.32 Å². The van der Waals surface area contributed by atoms with Gasteiger partial charge in [-0.1, -0.05) is 32.9 Å². The summed E-state index contributed by atoms with van der Waals surface area (Å²) in [6.45, 7) is 7.08. The second-order valence-corrected chi connectivity index (χ2v) is 5.95. The van der Waals surface area contributed by atoms with Crippen molar-refractivity contribution in [3.63, 3.8) is 0 Å². The van der Waals surface area contributed by atoms with E-state index in [9.17, 15) is 0 Å². The van der Waals surface area contributed by atoms with Crippen LogP contribution in [0.1, 0.15) is 32.2 Å². The van der Waals surface area contributed by atoms with E-state index in [0.717, 1.165) is 10.2 Å². The SMILES string of the molecule is CC(C)(C)c1cccc(Br)c1NCc1nnco1. The van der Waals surface area contributed by atoms with Crippen LogP contribution >= 0.6 is 15.9 Å². The largest absolute Gasteiger partial charge is 0.426 e. The highest BCUT2D eigenvalue weighted by atomic mass is 79.9. The molecule has 0 aliphatic heterocycles. The van der Waals surface area contributed by atoms with Gasteiger partial charge in [-0.25, -0.2) is 0 Å². The number of hydrogen-bond donors (Lipinski definition) is 1. The molecule has 0 saturated carbocycles. The lowest BCUT2D eigenvalue weighted by molar-refractivity contribution is 0.501. The Morgan fingerprint density at radius 3 is 2.72 bits per heavy atom. The third-order valence-corrected chi connectivity index (χ3v) is 3.30. The van der Waals surface area contributed by atoms with Crippen LogP contribution in [0.2, 0.25) is 0 Å². The van der Waals surface area contributed by atoms with Gasteiger partial charge in [0, 0.05) is 4.47 Å². The van der Waals surface area contributed by atoms with Crippen LogP contribution in [0.25, 0.3) is 0 Å². The molecule has 1 N–H and O–H groups in total. The van der Waals surface area contributed by atoms with Crippen LogP contribution in [-0.4, -0.2) is 10.2 Å². The number of benzene rings is 1. The molecule has 0 bridgehead atoms. The third-order valence-electron chi connectivity index (χ3n) is 2.64. The number of anilines is 1. The van der Waals surface area contributed by atoms with Crippen molar-refractivity contribution in [3.05, 3.63) is 40.5 Å². The fourth-order valence-corrected chi connectivity index (χ4v) is 2.27. The second-order valence-electron chi connectivity index (χ2n) is 5.10. The second kappa shape index (κ2) is 5.10. The molecule has 0 spiro atoms. The van der Waals surface area contributed by atoms with E-state index in [2.05, 4.69) is 58.3 Å². The van der Waals surface area contributed by atoms with Gasteiger partial charge in [-0.05, 0) is 33.0 Å². The van der Waals surface area contributed by atoms with E-state index in [4.69, 9.17) is 4.42 Å². The summed E-state index contributed by atoms with van der Waals surface area (Å²) in [5.41, 5.74) is 2.39. The molecule has 0 atom stereocenters. The minimum Gasteiger partial charge on any atom is -0.426 e. The van der Waals surface area contributed by atoms with Crippen LogP contribution in [0.5, 0.6) is 0 Å². The predicted molar refractivity (Wildman–Crippen MR) is 74.5 cm³/mol. The van der Waals surface area contributed by atoms with Gasteiger partial charge in [-0.2, -0.15) is 0 Å². The number of nitrogens with one attached hydrogen (secondary N) is 1. The maximum atomic E-state index is 5.12. The Bertz CT molecular complexity index is 518. The highest BCUT2D eigenvalue weighted by Gasteiger charge is 2.19. The summed E-state index contributed by atoms with van der Waals surface area (Å²) in [6, 6.07) is 6.19. The summed E-state index contributed by atoms with van der Waals surface area (Å²) < 4.78 is 6.16. The lowest BCUT2D eigenvalue weighted by atomic mass is 9.86. The number of para-hydroxylation sites is 1. The van der Waals surface area contributed by atoms with E-state index < -0.39 is 0 Å². The molecule has 0 fully saturated rings. The van der Waals surface area contributed by atoms with E-state index in [-0.39, 0.29) is 5.41 Å². The van der Waals surface area contributed by atoms with Crippen LogP contribution in [0.3, 0.4) is 0 Å². The van der Waals surface area contributed by atoms with Gasteiger partial charge >= 0.3 is 0 Å². The van der Waals surface area contributed by atoms with Crippen molar-refractivity contribution < 1.29 is 4.42 Å². The molecule has 1 heterocycles. The Labute approximate surface area is 115 Å². The van der Waals surface area contributed by atoms with Crippen molar-refractivity contribution in [1.82, 2.24) is 10.2 Å². The van der Waals surface area contributed by atoms with Gasteiger partial charge in [-0.3, -0.25) is 0 Å². The first-order chi connectivity index (χ1) is 8.48. The molecular formula is C13H16BrN3O. The third kappa shape index (κ3) is 2.90. The van der Waals surface area contributed by atoms with Crippen LogP contribution in [0.15, 0.2) is 33.5 Å². The molecule has 0 unspecified atom stereocenters. The summed E-state index contributed by atoms with van der Waals surface area (Å²) in [5, 5.41) is 10.9. The van der Waals surface area contributed by atoms with Crippen molar-refractivity contribution in [1.29, 1.82) is 0 Å². The molecular weight excluding hydrogens is 294 g/mol. The Hall–Kier alpha value is -1.36. The Morgan fingerprint density at radius 2 is 2.11 bits per heavy atom. The number of halogens is 1. The normalized spacial score (nSPS) is 11.6. The molecule has 18 heavy (non-hydrogen) atoms. The summed E-state index contributed by atoms with van der Waals surface area (Å²) in [5.74, 6) is 0.575. The molecule has 4 nitrogen and oxygen atoms in total. The Balaban J connectivity index is 2.26. The van der Waals surface area contributed by atoms with Gasteiger partial charge in [0.2, 0.25) is 12.3 Å². The van der Waals surface area contributed by atoms with Gasteiger partial charge in [0.1, 0.15) is 0 Å². The molecule has 5 heteroatoms. The molecule has 0 aliphatic rings. The maximum absolute atomic E-state index is 5.12.